The number of carbonyl (C=O) groups excluding carboxylic acids is 1. The second-order valence-electron chi connectivity index (χ2n) is 8.62. The van der Waals surface area contributed by atoms with Crippen molar-refractivity contribution < 1.29 is 4.79 Å². The molecule has 3 rings (SSSR count). The maximum atomic E-state index is 12.6. The van der Waals surface area contributed by atoms with Gasteiger partial charge in [-0.3, -0.25) is 9.97 Å². The van der Waals surface area contributed by atoms with Gasteiger partial charge in [0.1, 0.15) is 0 Å². The lowest BCUT2D eigenvalue weighted by atomic mass is 9.82. The van der Waals surface area contributed by atoms with Gasteiger partial charge in [0.15, 0.2) is 0 Å². The SMILES string of the molecule is CC(C)(C)CC(C)(C)NC(=O)Nc1cc2ccncc2c2ncccc12. The van der Waals surface area contributed by atoms with E-state index < -0.39 is 0 Å². The van der Waals surface area contributed by atoms with E-state index in [1.165, 1.54) is 0 Å². The topological polar surface area (TPSA) is 66.9 Å². The first-order valence-electron chi connectivity index (χ1n) is 8.85. The van der Waals surface area contributed by atoms with Crippen LogP contribution < -0.4 is 10.6 Å². The lowest BCUT2D eigenvalue weighted by molar-refractivity contribution is 0.220. The molecule has 0 saturated heterocycles. The number of carbonyl (C=O) groups is 1. The highest BCUT2D eigenvalue weighted by Crippen LogP contribution is 2.30. The van der Waals surface area contributed by atoms with E-state index in [0.717, 1.165) is 33.8 Å². The third-order valence-electron chi connectivity index (χ3n) is 4.18. The van der Waals surface area contributed by atoms with Crippen molar-refractivity contribution in [2.24, 2.45) is 5.41 Å². The van der Waals surface area contributed by atoms with Crippen molar-refractivity contribution in [1.82, 2.24) is 15.3 Å². The van der Waals surface area contributed by atoms with Gasteiger partial charge in [0.25, 0.3) is 0 Å². The largest absolute Gasteiger partial charge is 0.333 e. The lowest BCUT2D eigenvalue weighted by Crippen LogP contribution is -2.47. The van der Waals surface area contributed by atoms with E-state index in [1.807, 2.05) is 38.1 Å². The maximum Gasteiger partial charge on any atom is 0.319 e. The number of anilines is 1. The minimum atomic E-state index is -0.308. The zero-order valence-electron chi connectivity index (χ0n) is 16.1. The van der Waals surface area contributed by atoms with Gasteiger partial charge in [-0.25, -0.2) is 4.79 Å². The number of nitrogens with one attached hydrogen (secondary N) is 2. The first-order valence-corrected chi connectivity index (χ1v) is 8.85. The molecule has 5 nitrogen and oxygen atoms in total. The second-order valence-corrected chi connectivity index (χ2v) is 8.62. The van der Waals surface area contributed by atoms with Crippen LogP contribution in [0.4, 0.5) is 10.5 Å². The fraction of sp³-hybridized carbons (Fsp3) is 0.381. The van der Waals surface area contributed by atoms with Crippen molar-refractivity contribution in [3.63, 3.8) is 0 Å². The average Bonchev–Trinajstić information content (AvgIpc) is 2.52. The number of benzene rings is 1. The summed E-state index contributed by atoms with van der Waals surface area (Å²) in [5.74, 6) is 0. The van der Waals surface area contributed by atoms with Gasteiger partial charge in [-0.15, -0.1) is 0 Å². The number of amides is 2. The standard InChI is InChI=1S/C21H26N4O/c1-20(2,3)13-21(4,5)25-19(26)24-17-11-14-8-10-22-12-16(14)18-15(17)7-6-9-23-18/h6-12H,13H2,1-5H3,(H2,24,25,26). The molecule has 0 aliphatic rings. The molecule has 0 bridgehead atoms. The van der Waals surface area contributed by atoms with Crippen LogP contribution in [0, 0.1) is 5.41 Å². The van der Waals surface area contributed by atoms with Crippen molar-refractivity contribution in [3.05, 3.63) is 42.9 Å². The summed E-state index contributed by atoms with van der Waals surface area (Å²) in [4.78, 5) is 21.3. The number of rotatable bonds is 3. The zero-order valence-corrected chi connectivity index (χ0v) is 16.1. The first kappa shape index (κ1) is 18.1. The molecular formula is C21H26N4O. The fourth-order valence-electron chi connectivity index (χ4n) is 3.73. The molecule has 0 spiro atoms. The van der Waals surface area contributed by atoms with Crippen molar-refractivity contribution >= 4 is 33.4 Å². The van der Waals surface area contributed by atoms with Crippen LogP contribution in [-0.4, -0.2) is 21.5 Å². The van der Waals surface area contributed by atoms with Gasteiger partial charge in [0.2, 0.25) is 0 Å². The molecule has 0 fully saturated rings. The molecule has 0 aliphatic carbocycles. The molecule has 0 unspecified atom stereocenters. The maximum absolute atomic E-state index is 12.6. The highest BCUT2D eigenvalue weighted by molar-refractivity contribution is 6.13. The van der Waals surface area contributed by atoms with E-state index in [9.17, 15) is 4.79 Å². The Morgan fingerprint density at radius 1 is 1.08 bits per heavy atom. The molecule has 136 valence electrons. The molecule has 0 atom stereocenters. The van der Waals surface area contributed by atoms with Crippen LogP contribution in [0.1, 0.15) is 41.0 Å². The highest BCUT2D eigenvalue weighted by Gasteiger charge is 2.27. The van der Waals surface area contributed by atoms with Gasteiger partial charge in [-0.1, -0.05) is 20.8 Å². The lowest BCUT2D eigenvalue weighted by Gasteiger charge is -2.33. The minimum Gasteiger partial charge on any atom is -0.333 e. The van der Waals surface area contributed by atoms with Crippen molar-refractivity contribution in [2.45, 2.75) is 46.6 Å². The Kier molecular flexibility index (Phi) is 4.57. The number of pyridine rings is 2. The number of hydrogen-bond donors (Lipinski definition) is 2. The van der Waals surface area contributed by atoms with Gasteiger partial charge < -0.3 is 10.6 Å². The summed E-state index contributed by atoms with van der Waals surface area (Å²) < 4.78 is 0. The predicted octanol–water partition coefficient (Wildman–Crippen LogP) is 5.12. The summed E-state index contributed by atoms with van der Waals surface area (Å²) in [6.07, 6.45) is 6.18. The van der Waals surface area contributed by atoms with Gasteiger partial charge in [0.05, 0.1) is 11.2 Å². The molecule has 2 N–H and O–H groups in total. The Morgan fingerprint density at radius 2 is 1.85 bits per heavy atom. The van der Waals surface area contributed by atoms with E-state index in [-0.39, 0.29) is 17.0 Å². The molecule has 0 radical (unpaired) electrons. The van der Waals surface area contributed by atoms with Gasteiger partial charge in [0, 0.05) is 34.9 Å². The van der Waals surface area contributed by atoms with Crippen LogP contribution in [0.2, 0.25) is 0 Å². The molecule has 3 aromatic rings. The Labute approximate surface area is 154 Å². The molecule has 2 amide bonds. The monoisotopic (exact) mass is 350 g/mol. The molecule has 26 heavy (non-hydrogen) atoms. The second kappa shape index (κ2) is 6.56. The summed E-state index contributed by atoms with van der Waals surface area (Å²) in [6, 6.07) is 7.52. The molecule has 1 aromatic carbocycles. The number of nitrogens with zero attached hydrogens (tertiary/aromatic N) is 2. The minimum absolute atomic E-state index is 0.128. The van der Waals surface area contributed by atoms with E-state index in [0.29, 0.717) is 0 Å². The van der Waals surface area contributed by atoms with Crippen LogP contribution in [0.5, 0.6) is 0 Å². The molecule has 2 heterocycles. The van der Waals surface area contributed by atoms with Crippen LogP contribution >= 0.6 is 0 Å². The Hall–Kier alpha value is -2.69. The van der Waals surface area contributed by atoms with Gasteiger partial charge >= 0.3 is 6.03 Å². The van der Waals surface area contributed by atoms with E-state index >= 15 is 0 Å². The van der Waals surface area contributed by atoms with Crippen LogP contribution in [0.3, 0.4) is 0 Å². The Morgan fingerprint density at radius 3 is 2.58 bits per heavy atom. The van der Waals surface area contributed by atoms with Crippen molar-refractivity contribution in [3.8, 4) is 0 Å². The van der Waals surface area contributed by atoms with Crippen LogP contribution in [0.15, 0.2) is 42.9 Å². The summed E-state index contributed by atoms with van der Waals surface area (Å²) in [5, 5.41) is 8.97. The highest BCUT2D eigenvalue weighted by atomic mass is 16.2. The zero-order chi connectivity index (χ0) is 18.9. The fourth-order valence-corrected chi connectivity index (χ4v) is 3.73. The molecule has 2 aromatic heterocycles. The number of aromatic nitrogens is 2. The summed E-state index contributed by atoms with van der Waals surface area (Å²) in [7, 11) is 0. The Bertz CT molecular complexity index is 957. The van der Waals surface area contributed by atoms with Gasteiger partial charge in [-0.2, -0.15) is 0 Å². The normalized spacial score (nSPS) is 12.3. The Balaban J connectivity index is 1.92. The van der Waals surface area contributed by atoms with Crippen LogP contribution in [0.25, 0.3) is 21.7 Å². The van der Waals surface area contributed by atoms with E-state index in [1.54, 1.807) is 18.6 Å². The average molecular weight is 350 g/mol. The summed E-state index contributed by atoms with van der Waals surface area (Å²) in [5.41, 5.74) is 1.40. The quantitative estimate of drug-likeness (QED) is 0.644. The molecule has 5 heteroatoms. The predicted molar refractivity (Wildman–Crippen MR) is 107 cm³/mol. The molecule has 0 aliphatic heterocycles. The van der Waals surface area contributed by atoms with E-state index in [4.69, 9.17) is 0 Å². The van der Waals surface area contributed by atoms with Crippen molar-refractivity contribution in [1.29, 1.82) is 0 Å². The number of hydrogen-bond acceptors (Lipinski definition) is 3. The summed E-state index contributed by atoms with van der Waals surface area (Å²) >= 11 is 0. The van der Waals surface area contributed by atoms with Crippen LogP contribution in [-0.2, 0) is 0 Å². The first-order chi connectivity index (χ1) is 12.1. The van der Waals surface area contributed by atoms with Crippen molar-refractivity contribution in [2.75, 3.05) is 5.32 Å². The third kappa shape index (κ3) is 4.10. The smallest absolute Gasteiger partial charge is 0.319 e. The summed E-state index contributed by atoms with van der Waals surface area (Å²) in [6.45, 7) is 10.6. The number of fused-ring (bicyclic) bond motifs is 3. The van der Waals surface area contributed by atoms with Gasteiger partial charge in [-0.05, 0) is 55.3 Å². The van der Waals surface area contributed by atoms with E-state index in [2.05, 4.69) is 41.4 Å². The molecular weight excluding hydrogens is 324 g/mol. The number of urea groups is 1. The molecule has 0 saturated carbocycles. The third-order valence-corrected chi connectivity index (χ3v) is 4.18.